The summed E-state index contributed by atoms with van der Waals surface area (Å²) in [7, 11) is 0. The number of halogens is 1. The molecule has 0 aliphatic carbocycles. The highest BCUT2D eigenvalue weighted by atomic mass is 35.5. The number of fused-ring (bicyclic) bond motifs is 1. The summed E-state index contributed by atoms with van der Waals surface area (Å²) in [6.45, 7) is 5.14. The van der Waals surface area contributed by atoms with Gasteiger partial charge in [-0.05, 0) is 23.8 Å². The molecule has 2 aliphatic rings. The van der Waals surface area contributed by atoms with Gasteiger partial charge in [0.25, 0.3) is 0 Å². The van der Waals surface area contributed by atoms with E-state index in [0.717, 1.165) is 36.6 Å². The molecule has 1 amide bonds. The number of hydrogen-bond donors (Lipinski definition) is 4. The van der Waals surface area contributed by atoms with Crippen molar-refractivity contribution in [3.05, 3.63) is 52.3 Å². The van der Waals surface area contributed by atoms with E-state index in [1.165, 1.54) is 0 Å². The first-order chi connectivity index (χ1) is 12.6. The number of aromatic nitrogens is 2. The lowest BCUT2D eigenvalue weighted by Gasteiger charge is -2.18. The minimum Gasteiger partial charge on any atom is -0.349 e. The van der Waals surface area contributed by atoms with Crippen LogP contribution in [0.5, 0.6) is 0 Å². The fourth-order valence-corrected chi connectivity index (χ4v) is 3.75. The number of nitrogens with one attached hydrogen (secondary N) is 4. The Hall–Kier alpha value is -1.93. The highest BCUT2D eigenvalue weighted by Gasteiger charge is 2.37. The number of hydrazine groups is 1. The number of nitrogens with zero attached hydrogens (tertiary/aromatic N) is 2. The van der Waals surface area contributed by atoms with E-state index in [2.05, 4.69) is 33.5 Å². The van der Waals surface area contributed by atoms with Gasteiger partial charge in [-0.15, -0.1) is 0 Å². The molecule has 3 atom stereocenters. The van der Waals surface area contributed by atoms with Crippen LogP contribution < -0.4 is 21.5 Å². The Bertz CT molecular complexity index is 766. The fraction of sp³-hybridized carbons (Fsp3) is 0.444. The molecular weight excluding hydrogens is 352 g/mol. The first kappa shape index (κ1) is 17.5. The molecule has 26 heavy (non-hydrogen) atoms. The number of rotatable bonds is 4. The zero-order valence-electron chi connectivity index (χ0n) is 14.6. The van der Waals surface area contributed by atoms with E-state index in [9.17, 15) is 4.79 Å². The molecule has 4 rings (SSSR count). The second-order valence-corrected chi connectivity index (χ2v) is 7.34. The standard InChI is InChI=1S/C18H23ClN6O/c1-11-16(12-2-4-13(19)5-3-12)22-23-17(11)18(26)21-9-14-8-15-10-20-6-7-25(15)24-14/h2-5,8,11,16-17,20,22-23H,6-7,9-10H2,1H3,(H,21,26). The lowest BCUT2D eigenvalue weighted by atomic mass is 9.91. The molecule has 1 fully saturated rings. The monoisotopic (exact) mass is 374 g/mol. The zero-order chi connectivity index (χ0) is 18.1. The largest absolute Gasteiger partial charge is 0.349 e. The lowest BCUT2D eigenvalue weighted by Crippen LogP contribution is -2.44. The van der Waals surface area contributed by atoms with Crippen LogP contribution in [0.3, 0.4) is 0 Å². The molecule has 3 unspecified atom stereocenters. The van der Waals surface area contributed by atoms with Crippen LogP contribution in [0.2, 0.25) is 5.02 Å². The van der Waals surface area contributed by atoms with Crippen molar-refractivity contribution in [1.82, 2.24) is 31.3 Å². The Morgan fingerprint density at radius 2 is 2.15 bits per heavy atom. The molecule has 2 aliphatic heterocycles. The molecule has 2 aromatic rings. The fourth-order valence-electron chi connectivity index (χ4n) is 3.62. The highest BCUT2D eigenvalue weighted by Crippen LogP contribution is 2.29. The number of carbonyl (C=O) groups excluding carboxylic acids is 1. The van der Waals surface area contributed by atoms with Gasteiger partial charge < -0.3 is 10.6 Å². The van der Waals surface area contributed by atoms with E-state index in [4.69, 9.17) is 11.6 Å². The van der Waals surface area contributed by atoms with Crippen LogP contribution in [-0.4, -0.2) is 28.3 Å². The normalized spacial score (nSPS) is 25.1. The van der Waals surface area contributed by atoms with Gasteiger partial charge in [-0.25, -0.2) is 10.9 Å². The number of benzene rings is 1. The average molecular weight is 375 g/mol. The minimum atomic E-state index is -0.297. The van der Waals surface area contributed by atoms with Crippen molar-refractivity contribution in [2.75, 3.05) is 6.54 Å². The van der Waals surface area contributed by atoms with Crippen molar-refractivity contribution >= 4 is 17.5 Å². The molecule has 3 heterocycles. The summed E-state index contributed by atoms with van der Waals surface area (Å²) in [6.07, 6.45) is 0. The summed E-state index contributed by atoms with van der Waals surface area (Å²) in [4.78, 5) is 12.6. The molecule has 0 saturated carbocycles. The number of amides is 1. The van der Waals surface area contributed by atoms with Crippen LogP contribution in [-0.2, 0) is 24.4 Å². The van der Waals surface area contributed by atoms with Crippen LogP contribution in [0.15, 0.2) is 30.3 Å². The Morgan fingerprint density at radius 3 is 2.92 bits per heavy atom. The first-order valence-corrected chi connectivity index (χ1v) is 9.30. The van der Waals surface area contributed by atoms with E-state index < -0.39 is 0 Å². The molecule has 1 aromatic carbocycles. The van der Waals surface area contributed by atoms with E-state index in [-0.39, 0.29) is 23.9 Å². The maximum absolute atomic E-state index is 12.6. The molecule has 0 bridgehead atoms. The third kappa shape index (κ3) is 3.48. The summed E-state index contributed by atoms with van der Waals surface area (Å²) in [5.74, 6) is 0.0844. The quantitative estimate of drug-likeness (QED) is 0.644. The molecule has 8 heteroatoms. The molecule has 0 radical (unpaired) electrons. The van der Waals surface area contributed by atoms with E-state index >= 15 is 0 Å². The van der Waals surface area contributed by atoms with Crippen LogP contribution in [0.25, 0.3) is 0 Å². The molecule has 138 valence electrons. The number of carbonyl (C=O) groups is 1. The van der Waals surface area contributed by atoms with Gasteiger partial charge >= 0.3 is 0 Å². The Morgan fingerprint density at radius 1 is 1.35 bits per heavy atom. The zero-order valence-corrected chi connectivity index (χ0v) is 15.4. The third-order valence-corrected chi connectivity index (χ3v) is 5.37. The van der Waals surface area contributed by atoms with Crippen LogP contribution >= 0.6 is 11.6 Å². The van der Waals surface area contributed by atoms with Gasteiger partial charge in [-0.2, -0.15) is 5.10 Å². The van der Waals surface area contributed by atoms with Crippen molar-refractivity contribution in [1.29, 1.82) is 0 Å². The topological polar surface area (TPSA) is 83.0 Å². The Balaban J connectivity index is 1.36. The first-order valence-electron chi connectivity index (χ1n) is 8.92. The SMILES string of the molecule is CC1C(C(=O)NCc2cc3n(n2)CCNC3)NNC1c1ccc(Cl)cc1. The maximum Gasteiger partial charge on any atom is 0.239 e. The second kappa shape index (κ2) is 7.36. The molecule has 0 spiro atoms. The smallest absolute Gasteiger partial charge is 0.239 e. The summed E-state index contributed by atoms with van der Waals surface area (Å²) in [5, 5.41) is 11.6. The molecule has 4 N–H and O–H groups in total. The van der Waals surface area contributed by atoms with Crippen molar-refractivity contribution in [3.63, 3.8) is 0 Å². The minimum absolute atomic E-state index is 0.0226. The number of hydrogen-bond acceptors (Lipinski definition) is 5. The van der Waals surface area contributed by atoms with E-state index in [0.29, 0.717) is 11.6 Å². The third-order valence-electron chi connectivity index (χ3n) is 5.12. The summed E-state index contributed by atoms with van der Waals surface area (Å²) >= 11 is 5.96. The molecule has 1 aromatic heterocycles. The van der Waals surface area contributed by atoms with Crippen molar-refractivity contribution in [2.24, 2.45) is 5.92 Å². The van der Waals surface area contributed by atoms with Crippen molar-refractivity contribution < 1.29 is 4.79 Å². The van der Waals surface area contributed by atoms with E-state index in [1.807, 2.05) is 35.0 Å². The van der Waals surface area contributed by atoms with E-state index in [1.54, 1.807) is 0 Å². The predicted octanol–water partition coefficient (Wildman–Crippen LogP) is 1.11. The van der Waals surface area contributed by atoms with Crippen LogP contribution in [0, 0.1) is 5.92 Å². The van der Waals surface area contributed by atoms with Gasteiger partial charge in [0, 0.05) is 24.0 Å². The highest BCUT2D eigenvalue weighted by molar-refractivity contribution is 6.30. The lowest BCUT2D eigenvalue weighted by molar-refractivity contribution is -0.123. The van der Waals surface area contributed by atoms with Crippen LogP contribution in [0.4, 0.5) is 0 Å². The molecule has 1 saturated heterocycles. The predicted molar refractivity (Wildman–Crippen MR) is 99.2 cm³/mol. The molecular formula is C18H23ClN6O. The van der Waals surface area contributed by atoms with Gasteiger partial charge in [0.2, 0.25) is 5.91 Å². The van der Waals surface area contributed by atoms with Gasteiger partial charge in [-0.1, -0.05) is 30.7 Å². The van der Waals surface area contributed by atoms with Gasteiger partial charge in [0.05, 0.1) is 30.5 Å². The van der Waals surface area contributed by atoms with Gasteiger partial charge in [0.15, 0.2) is 0 Å². The Kier molecular flexibility index (Phi) is 4.95. The maximum atomic E-state index is 12.6. The van der Waals surface area contributed by atoms with Gasteiger partial charge in [0.1, 0.15) is 6.04 Å². The Labute approximate surface area is 157 Å². The van der Waals surface area contributed by atoms with Crippen LogP contribution in [0.1, 0.15) is 29.9 Å². The second-order valence-electron chi connectivity index (χ2n) is 6.90. The summed E-state index contributed by atoms with van der Waals surface area (Å²) < 4.78 is 2.01. The van der Waals surface area contributed by atoms with Gasteiger partial charge in [-0.3, -0.25) is 9.48 Å². The molecule has 7 nitrogen and oxygen atoms in total. The van der Waals surface area contributed by atoms with Crippen molar-refractivity contribution in [2.45, 2.75) is 38.6 Å². The van der Waals surface area contributed by atoms with Crippen molar-refractivity contribution in [3.8, 4) is 0 Å². The summed E-state index contributed by atoms with van der Waals surface area (Å²) in [5.41, 5.74) is 9.52. The average Bonchev–Trinajstić information content (AvgIpc) is 3.23. The summed E-state index contributed by atoms with van der Waals surface area (Å²) in [6, 6.07) is 9.53.